The highest BCUT2D eigenvalue weighted by atomic mass is 79.9. The molecule has 1 amide bonds. The van der Waals surface area contributed by atoms with Gasteiger partial charge >= 0.3 is 0 Å². The molecule has 1 aromatic carbocycles. The average Bonchev–Trinajstić information content (AvgIpc) is 2.77. The second-order valence-corrected chi connectivity index (χ2v) is 5.74. The van der Waals surface area contributed by atoms with Crippen LogP contribution in [0.5, 0.6) is 0 Å². The van der Waals surface area contributed by atoms with Gasteiger partial charge in [-0.05, 0) is 39.7 Å². The van der Waals surface area contributed by atoms with Crippen molar-refractivity contribution in [1.29, 1.82) is 0 Å². The number of hydrogen-bond acceptors (Lipinski definition) is 3. The Morgan fingerprint density at radius 1 is 1.35 bits per heavy atom. The summed E-state index contributed by atoms with van der Waals surface area (Å²) in [4.78, 5) is 11.8. The highest BCUT2D eigenvalue weighted by Crippen LogP contribution is 2.21. The topological polar surface area (TPSA) is 49.3 Å². The van der Waals surface area contributed by atoms with Crippen LogP contribution in [0.2, 0.25) is 0 Å². The molecule has 0 unspecified atom stereocenters. The number of anilines is 1. The fourth-order valence-corrected chi connectivity index (χ4v) is 2.46. The molecule has 0 aliphatic rings. The lowest BCUT2D eigenvalue weighted by Gasteiger charge is -2.04. The number of rotatable bonds is 3. The normalized spacial score (nSPS) is 10.2. The van der Waals surface area contributed by atoms with E-state index in [9.17, 15) is 4.79 Å². The van der Waals surface area contributed by atoms with Crippen molar-refractivity contribution in [3.05, 3.63) is 50.6 Å². The van der Waals surface area contributed by atoms with Crippen molar-refractivity contribution in [3.63, 3.8) is 0 Å². The van der Waals surface area contributed by atoms with E-state index in [1.807, 2.05) is 0 Å². The molecule has 3 nitrogen and oxygen atoms in total. The first-order valence-corrected chi connectivity index (χ1v) is 6.61. The third-order valence-corrected chi connectivity index (χ3v) is 3.73. The van der Waals surface area contributed by atoms with Crippen LogP contribution in [0.15, 0.2) is 39.5 Å². The number of hydrogen-bond donors (Lipinski definition) is 2. The highest BCUT2D eigenvalue weighted by molar-refractivity contribution is 9.11. The number of halogens is 1. The molecule has 0 fully saturated rings. The Labute approximate surface area is 111 Å². The Morgan fingerprint density at radius 3 is 2.59 bits per heavy atom. The van der Waals surface area contributed by atoms with Crippen molar-refractivity contribution < 1.29 is 9.90 Å². The molecule has 17 heavy (non-hydrogen) atoms. The number of benzene rings is 1. The Bertz CT molecular complexity index is 522. The molecular formula is C12H10BrNO2S. The molecule has 88 valence electrons. The predicted octanol–water partition coefficient (Wildman–Crippen LogP) is 3.26. The maximum Gasteiger partial charge on any atom is 0.256 e. The fourth-order valence-electron chi connectivity index (χ4n) is 1.33. The number of aliphatic hydroxyl groups is 1. The number of thiophene rings is 1. The molecule has 0 bridgehead atoms. The van der Waals surface area contributed by atoms with Crippen LogP contribution in [0.3, 0.4) is 0 Å². The second-order valence-electron chi connectivity index (χ2n) is 3.45. The first kappa shape index (κ1) is 12.3. The molecule has 0 atom stereocenters. The Balaban J connectivity index is 2.07. The van der Waals surface area contributed by atoms with E-state index in [-0.39, 0.29) is 12.5 Å². The third-order valence-electron chi connectivity index (χ3n) is 2.22. The Kier molecular flexibility index (Phi) is 3.93. The van der Waals surface area contributed by atoms with Crippen LogP contribution in [0.1, 0.15) is 15.9 Å². The summed E-state index contributed by atoms with van der Waals surface area (Å²) in [6.45, 7) is 0.00566. The number of carbonyl (C=O) groups excluding carboxylic acids is 1. The predicted molar refractivity (Wildman–Crippen MR) is 72.3 cm³/mol. The minimum absolute atomic E-state index is 0.00566. The summed E-state index contributed by atoms with van der Waals surface area (Å²) in [5, 5.41) is 13.5. The summed E-state index contributed by atoms with van der Waals surface area (Å²) in [6, 6.07) is 8.87. The summed E-state index contributed by atoms with van der Waals surface area (Å²) < 4.78 is 0.929. The minimum atomic E-state index is -0.135. The maximum atomic E-state index is 11.8. The number of carbonyl (C=O) groups is 1. The van der Waals surface area contributed by atoms with Crippen LogP contribution < -0.4 is 5.32 Å². The van der Waals surface area contributed by atoms with Gasteiger partial charge in [0.2, 0.25) is 0 Å². The van der Waals surface area contributed by atoms with Crippen molar-refractivity contribution in [2.45, 2.75) is 6.61 Å². The highest BCUT2D eigenvalue weighted by Gasteiger charge is 2.07. The maximum absolute atomic E-state index is 11.8. The smallest absolute Gasteiger partial charge is 0.256 e. The van der Waals surface area contributed by atoms with E-state index in [1.54, 1.807) is 35.7 Å². The summed E-state index contributed by atoms with van der Waals surface area (Å²) in [7, 11) is 0. The molecular weight excluding hydrogens is 302 g/mol. The van der Waals surface area contributed by atoms with Gasteiger partial charge in [0, 0.05) is 11.1 Å². The summed E-state index contributed by atoms with van der Waals surface area (Å²) in [5.41, 5.74) is 2.17. The second kappa shape index (κ2) is 5.44. The monoisotopic (exact) mass is 311 g/mol. The summed E-state index contributed by atoms with van der Waals surface area (Å²) in [6.07, 6.45) is 0. The zero-order valence-electron chi connectivity index (χ0n) is 8.81. The fraction of sp³-hybridized carbons (Fsp3) is 0.0833. The third kappa shape index (κ3) is 3.15. The van der Waals surface area contributed by atoms with Gasteiger partial charge in [0.05, 0.1) is 16.0 Å². The van der Waals surface area contributed by atoms with E-state index >= 15 is 0 Å². The van der Waals surface area contributed by atoms with Crippen LogP contribution in [0, 0.1) is 0 Å². The standard InChI is InChI=1S/C12H10BrNO2S/c13-11-5-9(7-17-11)12(16)14-10-3-1-8(6-15)2-4-10/h1-5,7,15H,6H2,(H,14,16). The number of nitrogens with one attached hydrogen (secondary N) is 1. The van der Waals surface area contributed by atoms with Crippen molar-refractivity contribution in [3.8, 4) is 0 Å². The lowest BCUT2D eigenvalue weighted by Crippen LogP contribution is -2.10. The van der Waals surface area contributed by atoms with E-state index in [2.05, 4.69) is 21.2 Å². The molecule has 0 saturated heterocycles. The minimum Gasteiger partial charge on any atom is -0.392 e. The molecule has 2 N–H and O–H groups in total. The van der Waals surface area contributed by atoms with E-state index in [0.717, 1.165) is 15.0 Å². The molecule has 2 aromatic rings. The molecule has 0 aliphatic heterocycles. The van der Waals surface area contributed by atoms with Gasteiger partial charge in [0.15, 0.2) is 0 Å². The molecule has 1 heterocycles. The molecule has 0 aliphatic carbocycles. The lowest BCUT2D eigenvalue weighted by molar-refractivity contribution is 0.102. The quantitative estimate of drug-likeness (QED) is 0.914. The Hall–Kier alpha value is -1.17. The Morgan fingerprint density at radius 2 is 2.06 bits per heavy atom. The van der Waals surface area contributed by atoms with Crippen LogP contribution in [0.4, 0.5) is 5.69 Å². The zero-order valence-corrected chi connectivity index (χ0v) is 11.2. The van der Waals surface area contributed by atoms with E-state index in [0.29, 0.717) is 5.56 Å². The van der Waals surface area contributed by atoms with Gasteiger partial charge in [-0.1, -0.05) is 12.1 Å². The zero-order chi connectivity index (χ0) is 12.3. The van der Waals surface area contributed by atoms with Gasteiger partial charge in [-0.3, -0.25) is 4.79 Å². The molecule has 1 aromatic heterocycles. The van der Waals surface area contributed by atoms with Gasteiger partial charge < -0.3 is 10.4 Å². The van der Waals surface area contributed by atoms with Crippen molar-refractivity contribution in [1.82, 2.24) is 0 Å². The van der Waals surface area contributed by atoms with Crippen LogP contribution in [-0.4, -0.2) is 11.0 Å². The van der Waals surface area contributed by atoms with E-state index < -0.39 is 0 Å². The van der Waals surface area contributed by atoms with Gasteiger partial charge in [0.1, 0.15) is 0 Å². The SMILES string of the molecule is O=C(Nc1ccc(CO)cc1)c1csc(Br)c1. The van der Waals surface area contributed by atoms with Gasteiger partial charge in [-0.15, -0.1) is 11.3 Å². The summed E-state index contributed by atoms with van der Waals surface area (Å²) in [5.74, 6) is -0.135. The van der Waals surface area contributed by atoms with Crippen LogP contribution in [0.25, 0.3) is 0 Å². The van der Waals surface area contributed by atoms with Gasteiger partial charge in [-0.2, -0.15) is 0 Å². The molecule has 0 spiro atoms. The van der Waals surface area contributed by atoms with E-state index in [1.165, 1.54) is 11.3 Å². The van der Waals surface area contributed by atoms with Gasteiger partial charge in [-0.25, -0.2) is 0 Å². The van der Waals surface area contributed by atoms with Crippen LogP contribution in [-0.2, 0) is 6.61 Å². The lowest BCUT2D eigenvalue weighted by atomic mass is 10.2. The number of aliphatic hydroxyl groups excluding tert-OH is 1. The van der Waals surface area contributed by atoms with Crippen molar-refractivity contribution in [2.24, 2.45) is 0 Å². The molecule has 0 saturated carbocycles. The first-order valence-electron chi connectivity index (χ1n) is 4.94. The van der Waals surface area contributed by atoms with E-state index in [4.69, 9.17) is 5.11 Å². The summed E-state index contributed by atoms with van der Waals surface area (Å²) >= 11 is 4.79. The molecule has 5 heteroatoms. The number of amides is 1. The van der Waals surface area contributed by atoms with Gasteiger partial charge in [0.25, 0.3) is 5.91 Å². The molecule has 2 rings (SSSR count). The van der Waals surface area contributed by atoms with Crippen LogP contribution >= 0.6 is 27.3 Å². The largest absolute Gasteiger partial charge is 0.392 e. The average molecular weight is 312 g/mol. The van der Waals surface area contributed by atoms with Crippen molar-refractivity contribution >= 4 is 38.9 Å². The first-order chi connectivity index (χ1) is 8.19. The van der Waals surface area contributed by atoms with Crippen molar-refractivity contribution in [2.75, 3.05) is 5.32 Å². The molecule has 0 radical (unpaired) electrons.